The molecular formula is C65H98BNO16Si. The number of carbonyl (C=O) groups excluding carboxylic acids is 6. The normalized spacial score (nSPS) is 35.8. The highest BCUT2D eigenvalue weighted by Crippen LogP contribution is 2.39. The van der Waals surface area contributed by atoms with Gasteiger partial charge in [0.15, 0.2) is 8.32 Å². The molecule has 15 unspecified atom stereocenters. The Balaban J connectivity index is 1.28. The van der Waals surface area contributed by atoms with Gasteiger partial charge in [-0.25, -0.2) is 4.79 Å². The van der Waals surface area contributed by atoms with Gasteiger partial charge in [0.2, 0.25) is 5.79 Å². The second kappa shape index (κ2) is 31.0. The predicted molar refractivity (Wildman–Crippen MR) is 323 cm³/mol. The van der Waals surface area contributed by atoms with E-state index in [2.05, 4.69) is 0 Å². The summed E-state index contributed by atoms with van der Waals surface area (Å²) in [6, 6.07) is 8.35. The third-order valence-corrected chi connectivity index (χ3v) is 18.9. The number of piperidine rings is 1. The summed E-state index contributed by atoms with van der Waals surface area (Å²) in [6.45, 7) is 20.7. The van der Waals surface area contributed by atoms with E-state index in [4.69, 9.17) is 37.4 Å². The number of ketones is 3. The highest BCUT2D eigenvalue weighted by molar-refractivity contribution is 6.69. The molecule has 1 aromatic rings. The van der Waals surface area contributed by atoms with Gasteiger partial charge in [-0.1, -0.05) is 101 Å². The third kappa shape index (κ3) is 18.1. The number of aliphatic hydroxyl groups excluding tert-OH is 1. The molecular weight excluding hydrogens is 1090 g/mol. The number of Topliss-reactive ketones (excluding diaryl/α,β-unsaturated/α-hetero) is 3. The van der Waals surface area contributed by atoms with Gasteiger partial charge in [0.25, 0.3) is 11.7 Å². The van der Waals surface area contributed by atoms with Crippen molar-refractivity contribution in [2.24, 2.45) is 46.8 Å². The predicted octanol–water partition coefficient (Wildman–Crippen LogP) is 8.63. The molecule has 0 radical (unpaired) electrons. The van der Waals surface area contributed by atoms with E-state index in [1.54, 1.807) is 41.1 Å². The molecule has 1 aromatic carbocycles. The smallest absolute Gasteiger partial charge is 0.460 e. The summed E-state index contributed by atoms with van der Waals surface area (Å²) in [5.74, 6) is -9.45. The molecule has 2 N–H and O–H groups in total. The molecule has 4 aliphatic heterocycles. The zero-order chi connectivity index (χ0) is 61.7. The van der Waals surface area contributed by atoms with Crippen LogP contribution in [0.4, 0.5) is 0 Å². The van der Waals surface area contributed by atoms with Crippen LogP contribution in [0.15, 0.2) is 77.9 Å². The maximum atomic E-state index is 14.8. The van der Waals surface area contributed by atoms with Gasteiger partial charge in [-0.3, -0.25) is 24.0 Å². The van der Waals surface area contributed by atoms with Crippen LogP contribution >= 0.6 is 0 Å². The van der Waals surface area contributed by atoms with Gasteiger partial charge in [-0.15, -0.1) is 0 Å². The Hall–Kier alpha value is -4.44. The van der Waals surface area contributed by atoms with E-state index in [1.807, 2.05) is 115 Å². The molecule has 3 saturated heterocycles. The number of rotatable bonds is 11. The van der Waals surface area contributed by atoms with Crippen LogP contribution in [0.1, 0.15) is 132 Å². The summed E-state index contributed by atoms with van der Waals surface area (Å²) < 4.78 is 49.5. The lowest BCUT2D eigenvalue weighted by Crippen LogP contribution is -2.61. The second-order valence-corrected chi connectivity index (χ2v) is 30.7. The molecule has 0 spiro atoms. The molecule has 19 heteroatoms. The summed E-state index contributed by atoms with van der Waals surface area (Å²) in [4.78, 5) is 88.0. The second-order valence-electron chi connectivity index (χ2n) is 26.2. The van der Waals surface area contributed by atoms with E-state index in [0.29, 0.717) is 69.8 Å². The Labute approximate surface area is 501 Å². The number of aliphatic hydroxyl groups is 2. The number of nitrogens with zero attached hydrogens (tertiary/aromatic N) is 1. The van der Waals surface area contributed by atoms with Crippen molar-refractivity contribution >= 4 is 56.1 Å². The van der Waals surface area contributed by atoms with Gasteiger partial charge in [0.05, 0.1) is 36.9 Å². The van der Waals surface area contributed by atoms with Gasteiger partial charge >= 0.3 is 19.1 Å². The average molecular weight is 1190 g/mol. The SMILES string of the molecule is COC1CC2CCC(C)C(O)(O2)C(=O)C(=O)N2CCCCC2C(=O)OC(C(C)CC2CCC(OC(=O)C3(C)COB(c4ccccc4)OC3)C(OC)C2)CC(=O)C(C)/C=C(\C)C(O[Si](C)(C)C)C(CO)C(=O)C(C)CC(C)/C=C/C=C/C=C/1C. The first-order valence-corrected chi connectivity index (χ1v) is 34.2. The lowest BCUT2D eigenvalue weighted by atomic mass is 9.75. The zero-order valence-electron chi connectivity index (χ0n) is 52.4. The Kier molecular flexibility index (Phi) is 25.3. The Morgan fingerprint density at radius 3 is 2.21 bits per heavy atom. The van der Waals surface area contributed by atoms with Gasteiger partial charge in [0.1, 0.15) is 35.2 Å². The number of allylic oxidation sites excluding steroid dienone is 6. The number of esters is 2. The topological polar surface area (TPSA) is 220 Å². The largest absolute Gasteiger partial charge is 0.493 e. The maximum Gasteiger partial charge on any atom is 0.493 e. The lowest BCUT2D eigenvalue weighted by Gasteiger charge is -2.42. The third-order valence-electron chi connectivity index (χ3n) is 18.0. The van der Waals surface area contributed by atoms with Crippen LogP contribution in [0.25, 0.3) is 0 Å². The van der Waals surface area contributed by atoms with Crippen molar-refractivity contribution in [2.75, 3.05) is 40.6 Å². The minimum Gasteiger partial charge on any atom is -0.460 e. The molecule has 6 rings (SSSR count). The minimum absolute atomic E-state index is 0.00337. The van der Waals surface area contributed by atoms with Gasteiger partial charge < -0.3 is 52.5 Å². The van der Waals surface area contributed by atoms with Crippen molar-refractivity contribution in [1.82, 2.24) is 4.90 Å². The fraction of sp³-hybridized carbons (Fsp3) is 0.692. The molecule has 1 amide bonds. The molecule has 1 aliphatic carbocycles. The molecule has 4 fully saturated rings. The van der Waals surface area contributed by atoms with Gasteiger partial charge in [0, 0.05) is 64.6 Å². The molecule has 15 atom stereocenters. The van der Waals surface area contributed by atoms with Crippen molar-refractivity contribution in [2.45, 2.75) is 201 Å². The quantitative estimate of drug-likeness (QED) is 0.0916. The minimum atomic E-state index is -2.46. The number of hydrogen-bond acceptors (Lipinski definition) is 16. The first-order valence-electron chi connectivity index (χ1n) is 30.8. The molecule has 0 aromatic heterocycles. The first-order chi connectivity index (χ1) is 39.7. The van der Waals surface area contributed by atoms with Crippen molar-refractivity contribution in [1.29, 1.82) is 0 Å². The number of benzene rings is 1. The maximum absolute atomic E-state index is 14.8. The first kappa shape index (κ1) is 68.7. The number of methoxy groups -OCH3 is 2. The molecule has 466 valence electrons. The van der Waals surface area contributed by atoms with Crippen LogP contribution in [0, 0.1) is 46.8 Å². The summed E-state index contributed by atoms with van der Waals surface area (Å²) in [6.07, 6.45) is 12.5. The summed E-state index contributed by atoms with van der Waals surface area (Å²) in [7, 11) is 0.209. The fourth-order valence-corrected chi connectivity index (χ4v) is 13.8. The monoisotopic (exact) mass is 1190 g/mol. The van der Waals surface area contributed by atoms with Crippen LogP contribution < -0.4 is 5.46 Å². The molecule has 5 aliphatic rings. The van der Waals surface area contributed by atoms with Crippen molar-refractivity contribution in [3.8, 4) is 0 Å². The number of cyclic esters (lactones) is 1. The fourth-order valence-electron chi connectivity index (χ4n) is 12.7. The zero-order valence-corrected chi connectivity index (χ0v) is 53.4. The van der Waals surface area contributed by atoms with Crippen LogP contribution in [0.2, 0.25) is 19.6 Å². The van der Waals surface area contributed by atoms with Crippen LogP contribution in [-0.2, 0) is 66.2 Å². The van der Waals surface area contributed by atoms with E-state index >= 15 is 0 Å². The molecule has 84 heavy (non-hydrogen) atoms. The number of amides is 1. The highest BCUT2D eigenvalue weighted by Gasteiger charge is 2.53. The van der Waals surface area contributed by atoms with E-state index < -0.39 is 129 Å². The Morgan fingerprint density at radius 1 is 0.857 bits per heavy atom. The van der Waals surface area contributed by atoms with Crippen molar-refractivity contribution in [3.05, 3.63) is 77.9 Å². The van der Waals surface area contributed by atoms with E-state index in [1.165, 1.54) is 4.90 Å². The Bertz CT molecular complexity index is 2520. The number of carbonyl (C=O) groups is 6. The van der Waals surface area contributed by atoms with Crippen molar-refractivity contribution < 1.29 is 76.4 Å². The molecule has 2 bridgehead atoms. The highest BCUT2D eigenvalue weighted by atomic mass is 28.4. The number of ether oxygens (including phenoxy) is 5. The lowest BCUT2D eigenvalue weighted by molar-refractivity contribution is -0.265. The molecule has 17 nitrogen and oxygen atoms in total. The molecule has 1 saturated carbocycles. The van der Waals surface area contributed by atoms with Gasteiger partial charge in [-0.2, -0.15) is 0 Å². The van der Waals surface area contributed by atoms with E-state index in [9.17, 15) is 39.0 Å². The summed E-state index contributed by atoms with van der Waals surface area (Å²) in [5, 5.41) is 23.1. The summed E-state index contributed by atoms with van der Waals surface area (Å²) >= 11 is 0. The van der Waals surface area contributed by atoms with Gasteiger partial charge in [-0.05, 0) is 139 Å². The average Bonchev–Trinajstić information content (AvgIpc) is 1.82. The van der Waals surface area contributed by atoms with Crippen LogP contribution in [-0.4, -0.2) is 155 Å². The molecule has 4 heterocycles. The number of fused-ring (bicyclic) bond motifs is 3. The number of hydrogen-bond donors (Lipinski definition) is 2. The summed E-state index contributed by atoms with van der Waals surface area (Å²) in [5.41, 5.74) is 1.32. The van der Waals surface area contributed by atoms with E-state index in [0.717, 1.165) is 11.0 Å². The van der Waals surface area contributed by atoms with Crippen LogP contribution in [0.3, 0.4) is 0 Å². The van der Waals surface area contributed by atoms with Crippen molar-refractivity contribution in [3.63, 3.8) is 0 Å². The standard InChI is InChI=1S/C65H98BNO16Si/c1-41-22-16-14-17-23-42(2)55(76-9)36-50-29-27-47(7)65(75,82-50)60(71)61(72)67-31-21-20-26-52(67)62(73)80-56(37-53(69)43(3)33-46(6)59(83-84(11,12)13)51(38-68)58(70)45(5)32-41)44(4)34-48-28-30-54(57(35-48)77-10)81-63(74)64(8)39-78-66(79-40-64)49-24-18-15-19-25-49/h14-19,22-25,33,41,43-45,47-48,50-52,54-57,59,68,75H,20-21,26-32,34-40H2,1-13H3/b17-14+,22-16+,42-23+,46-33+. The van der Waals surface area contributed by atoms with Crippen LogP contribution in [0.5, 0.6) is 0 Å². The van der Waals surface area contributed by atoms with E-state index in [-0.39, 0.29) is 56.0 Å². The Morgan fingerprint density at radius 2 is 1.56 bits per heavy atom.